The third-order valence-corrected chi connectivity index (χ3v) is 5.23. The third kappa shape index (κ3) is 2.53. The van der Waals surface area contributed by atoms with Crippen molar-refractivity contribution in [2.45, 2.75) is 19.8 Å². The number of benzene rings is 2. The van der Waals surface area contributed by atoms with Gasteiger partial charge in [-0.2, -0.15) is 5.10 Å². The number of aryl methyl sites for hydroxylation is 2. The van der Waals surface area contributed by atoms with Crippen molar-refractivity contribution in [1.82, 2.24) is 9.78 Å². The van der Waals surface area contributed by atoms with E-state index in [0.29, 0.717) is 10.7 Å². The van der Waals surface area contributed by atoms with Gasteiger partial charge in [0.2, 0.25) is 0 Å². The van der Waals surface area contributed by atoms with Crippen molar-refractivity contribution in [2.24, 2.45) is 0 Å². The zero-order chi connectivity index (χ0) is 17.6. The maximum Gasteiger partial charge on any atom is 0.170 e. The molecule has 25 heavy (non-hydrogen) atoms. The van der Waals surface area contributed by atoms with Gasteiger partial charge in [0.05, 0.1) is 11.4 Å². The quantitative estimate of drug-likeness (QED) is 0.709. The van der Waals surface area contributed by atoms with Crippen LogP contribution in [0.2, 0.25) is 5.02 Å². The number of nitrogens with one attached hydrogen (secondary N) is 1. The van der Waals surface area contributed by atoms with Gasteiger partial charge in [-0.25, -0.2) is 4.68 Å². The summed E-state index contributed by atoms with van der Waals surface area (Å²) in [4.78, 5) is 11.6. The van der Waals surface area contributed by atoms with E-state index in [1.165, 1.54) is 5.56 Å². The third-order valence-electron chi connectivity index (χ3n) is 4.82. The topological polar surface area (TPSA) is 46.9 Å². The van der Waals surface area contributed by atoms with E-state index in [0.717, 1.165) is 52.9 Å². The lowest BCUT2D eigenvalue weighted by Gasteiger charge is -2.20. The lowest BCUT2D eigenvalue weighted by Crippen LogP contribution is -2.08. The van der Waals surface area contributed by atoms with Gasteiger partial charge < -0.3 is 5.32 Å². The molecule has 0 saturated heterocycles. The summed E-state index contributed by atoms with van der Waals surface area (Å²) < 4.78 is 1.85. The normalized spacial score (nSPS) is 12.4. The Morgan fingerprint density at radius 1 is 1.20 bits per heavy atom. The van der Waals surface area contributed by atoms with Gasteiger partial charge in [-0.15, -0.1) is 0 Å². The molecule has 0 spiro atoms. The van der Waals surface area contributed by atoms with Gasteiger partial charge in [0.25, 0.3) is 0 Å². The summed E-state index contributed by atoms with van der Waals surface area (Å²) in [5.74, 6) is 0. The number of rotatable bonds is 3. The Bertz CT molecular complexity index is 991. The van der Waals surface area contributed by atoms with E-state index in [2.05, 4.69) is 28.6 Å². The van der Waals surface area contributed by atoms with Gasteiger partial charge in [-0.1, -0.05) is 23.7 Å². The first kappa shape index (κ1) is 15.9. The van der Waals surface area contributed by atoms with E-state index in [1.807, 2.05) is 36.9 Å². The summed E-state index contributed by atoms with van der Waals surface area (Å²) in [6.07, 6.45) is 2.57. The van der Waals surface area contributed by atoms with E-state index < -0.39 is 0 Å². The molecule has 0 radical (unpaired) electrons. The fourth-order valence-electron chi connectivity index (χ4n) is 3.42. The predicted molar refractivity (Wildman–Crippen MR) is 101 cm³/mol. The van der Waals surface area contributed by atoms with Gasteiger partial charge in [0.15, 0.2) is 6.29 Å². The summed E-state index contributed by atoms with van der Waals surface area (Å²) in [6.45, 7) is 1.97. The molecular weight excluding hydrogens is 334 g/mol. The molecule has 0 saturated carbocycles. The number of carbonyl (C=O) groups is 1. The zero-order valence-electron chi connectivity index (χ0n) is 14.1. The molecule has 1 aromatic heterocycles. The van der Waals surface area contributed by atoms with Gasteiger partial charge >= 0.3 is 0 Å². The molecule has 126 valence electrons. The summed E-state index contributed by atoms with van der Waals surface area (Å²) >= 11 is 6.31. The predicted octanol–water partition coefficient (Wildman–Crippen LogP) is 4.45. The summed E-state index contributed by atoms with van der Waals surface area (Å²) in [7, 11) is 1.90. The van der Waals surface area contributed by atoms with Crippen LogP contribution in [-0.2, 0) is 12.8 Å². The molecule has 1 heterocycles. The number of hydrogen-bond acceptors (Lipinski definition) is 3. The minimum atomic E-state index is 0.507. The fraction of sp³-hybridized carbons (Fsp3) is 0.200. The van der Waals surface area contributed by atoms with Crippen molar-refractivity contribution < 1.29 is 4.79 Å². The Morgan fingerprint density at radius 3 is 2.76 bits per heavy atom. The van der Waals surface area contributed by atoms with Crippen molar-refractivity contribution in [3.05, 3.63) is 63.8 Å². The Labute approximate surface area is 151 Å². The number of aldehydes is 1. The van der Waals surface area contributed by atoms with Crippen LogP contribution < -0.4 is 5.32 Å². The van der Waals surface area contributed by atoms with E-state index >= 15 is 0 Å². The molecular formula is C20H18ClN3O. The molecule has 3 aromatic rings. The average molecular weight is 352 g/mol. The lowest BCUT2D eigenvalue weighted by atomic mass is 9.88. The largest absolute Gasteiger partial charge is 0.388 e. The highest BCUT2D eigenvalue weighted by Crippen LogP contribution is 2.38. The fourth-order valence-corrected chi connectivity index (χ4v) is 3.59. The molecule has 4 rings (SSSR count). The van der Waals surface area contributed by atoms with Gasteiger partial charge in [-0.3, -0.25) is 4.79 Å². The minimum absolute atomic E-state index is 0.507. The van der Waals surface area contributed by atoms with Gasteiger partial charge in [-0.05, 0) is 55.2 Å². The minimum Gasteiger partial charge on any atom is -0.388 e. The smallest absolute Gasteiger partial charge is 0.170 e. The molecule has 2 aromatic carbocycles. The molecule has 0 amide bonds. The highest BCUT2D eigenvalue weighted by molar-refractivity contribution is 6.31. The monoisotopic (exact) mass is 351 g/mol. The van der Waals surface area contributed by atoms with Crippen LogP contribution in [0, 0.1) is 6.92 Å². The Morgan fingerprint density at radius 2 is 2.04 bits per heavy atom. The molecule has 0 unspecified atom stereocenters. The highest BCUT2D eigenvalue weighted by atomic mass is 35.5. The molecule has 4 nitrogen and oxygen atoms in total. The Balaban J connectivity index is 2.00. The second kappa shape index (κ2) is 6.05. The van der Waals surface area contributed by atoms with Crippen molar-refractivity contribution in [1.29, 1.82) is 0 Å². The maximum atomic E-state index is 11.6. The molecule has 0 aliphatic heterocycles. The molecule has 0 bridgehead atoms. The average Bonchev–Trinajstić information content (AvgIpc) is 3.02. The van der Waals surface area contributed by atoms with Crippen LogP contribution >= 0.6 is 11.6 Å². The summed E-state index contributed by atoms with van der Waals surface area (Å²) in [5.41, 5.74) is 7.80. The highest BCUT2D eigenvalue weighted by Gasteiger charge is 2.26. The number of hydrogen-bond donors (Lipinski definition) is 1. The molecule has 1 aliphatic rings. The Kier molecular flexibility index (Phi) is 3.85. The van der Waals surface area contributed by atoms with E-state index in [9.17, 15) is 4.79 Å². The Hall–Kier alpha value is -2.59. The van der Waals surface area contributed by atoms with E-state index in [4.69, 9.17) is 11.6 Å². The van der Waals surface area contributed by atoms with E-state index in [-0.39, 0.29) is 0 Å². The number of halogens is 1. The molecule has 5 heteroatoms. The number of aromatic nitrogens is 2. The van der Waals surface area contributed by atoms with Crippen LogP contribution in [0.1, 0.15) is 27.2 Å². The molecule has 1 aliphatic carbocycles. The second-order valence-corrected chi connectivity index (χ2v) is 6.70. The van der Waals surface area contributed by atoms with Crippen LogP contribution in [0.25, 0.3) is 16.9 Å². The van der Waals surface area contributed by atoms with Crippen LogP contribution in [0.3, 0.4) is 0 Å². The molecule has 0 fully saturated rings. The van der Waals surface area contributed by atoms with Crippen molar-refractivity contribution in [3.8, 4) is 16.9 Å². The first-order chi connectivity index (χ1) is 12.1. The standard InChI is InChI=1S/C20H18ClN3O/c1-12-3-7-15(10-18(12)21)24-20-16(19(11-25)23-24)8-5-13-4-6-14(22-2)9-17(13)20/h3-4,6-7,9-11,22H,5,8H2,1-2H3. The summed E-state index contributed by atoms with van der Waals surface area (Å²) in [6, 6.07) is 12.2. The number of anilines is 1. The number of nitrogens with zero attached hydrogens (tertiary/aromatic N) is 2. The second-order valence-electron chi connectivity index (χ2n) is 6.30. The first-order valence-electron chi connectivity index (χ1n) is 8.27. The van der Waals surface area contributed by atoms with Crippen molar-refractivity contribution in [2.75, 3.05) is 12.4 Å². The van der Waals surface area contributed by atoms with Gasteiger partial charge in [0, 0.05) is 28.9 Å². The molecule has 1 N–H and O–H groups in total. The first-order valence-corrected chi connectivity index (χ1v) is 8.65. The maximum absolute atomic E-state index is 11.6. The lowest BCUT2D eigenvalue weighted by molar-refractivity contribution is 0.111. The number of fused-ring (bicyclic) bond motifs is 3. The zero-order valence-corrected chi connectivity index (χ0v) is 14.9. The number of carbonyl (C=O) groups excluding carboxylic acids is 1. The SMILES string of the molecule is CNc1ccc2c(c1)-c1c(c(C=O)nn1-c1ccc(C)c(Cl)c1)CC2. The van der Waals surface area contributed by atoms with E-state index in [1.54, 1.807) is 0 Å². The van der Waals surface area contributed by atoms with Crippen molar-refractivity contribution >= 4 is 23.6 Å². The summed E-state index contributed by atoms with van der Waals surface area (Å²) in [5, 5.41) is 8.45. The van der Waals surface area contributed by atoms with Crippen LogP contribution in [0.15, 0.2) is 36.4 Å². The van der Waals surface area contributed by atoms with Gasteiger partial charge in [0.1, 0.15) is 5.69 Å². The molecule has 0 atom stereocenters. The van der Waals surface area contributed by atoms with Crippen molar-refractivity contribution in [3.63, 3.8) is 0 Å². The van der Waals surface area contributed by atoms with Crippen LogP contribution in [0.5, 0.6) is 0 Å². The van der Waals surface area contributed by atoms with Crippen LogP contribution in [0.4, 0.5) is 5.69 Å². The van der Waals surface area contributed by atoms with Crippen LogP contribution in [-0.4, -0.2) is 23.1 Å².